The number of nitrogens with two attached hydrogens (primary N) is 3. The second-order valence-corrected chi connectivity index (χ2v) is 12.5. The maximum atomic E-state index is 13.2. The topological polar surface area (TPSA) is 274 Å². The minimum atomic E-state index is -1.55. The molecule has 3 aromatic rings. The molecule has 0 saturated carbocycles. The number of hydrogen-bond acceptors (Lipinski definition) is 16. The highest BCUT2D eigenvalue weighted by atomic mass is 32.2. The molecule has 2 aliphatic heterocycles. The van der Waals surface area contributed by atoms with Crippen molar-refractivity contribution in [3.8, 4) is 0 Å². The SMILES string of the molecule is CC(CC(=O)O)O/N=C(\C(=O)NC1C(=O)N2C(C(=O)[O-])=C(CSc3nc(N)cc4n(C)c(N)n[n+]34)CS[C@@H]12)c1csc(N)n1. The molecule has 2 amide bonds. The van der Waals surface area contributed by atoms with Gasteiger partial charge >= 0.3 is 11.1 Å². The number of carboxylic acids is 2. The number of anilines is 3. The Balaban J connectivity index is 1.33. The first-order valence-corrected chi connectivity index (χ1v) is 15.6. The van der Waals surface area contributed by atoms with Crippen LogP contribution in [0.15, 0.2) is 33.0 Å². The Kier molecular flexibility index (Phi) is 8.52. The van der Waals surface area contributed by atoms with Gasteiger partial charge in [-0.2, -0.15) is 0 Å². The zero-order chi connectivity index (χ0) is 31.9. The lowest BCUT2D eigenvalue weighted by atomic mass is 10.0. The number of nitrogens with zero attached hydrogens (tertiary/aromatic N) is 7. The van der Waals surface area contributed by atoms with Crippen LogP contribution in [0.25, 0.3) is 5.65 Å². The van der Waals surface area contributed by atoms with Crippen LogP contribution in [-0.4, -0.2) is 88.1 Å². The number of hydrogen-bond donors (Lipinski definition) is 5. The predicted molar refractivity (Wildman–Crippen MR) is 157 cm³/mol. The second kappa shape index (κ2) is 12.2. The lowest BCUT2D eigenvalue weighted by Gasteiger charge is -2.50. The van der Waals surface area contributed by atoms with E-state index in [9.17, 15) is 24.3 Å². The molecule has 232 valence electrons. The summed E-state index contributed by atoms with van der Waals surface area (Å²) >= 11 is 3.44. The molecule has 1 fully saturated rings. The predicted octanol–water partition coefficient (Wildman–Crippen LogP) is -2.46. The Morgan fingerprint density at radius 1 is 1.34 bits per heavy atom. The Labute approximate surface area is 260 Å². The van der Waals surface area contributed by atoms with Gasteiger partial charge in [0.15, 0.2) is 10.8 Å². The van der Waals surface area contributed by atoms with Crippen molar-refractivity contribution >= 4 is 86.9 Å². The van der Waals surface area contributed by atoms with Crippen LogP contribution in [0.4, 0.5) is 16.9 Å². The summed E-state index contributed by atoms with van der Waals surface area (Å²) in [7, 11) is 1.71. The summed E-state index contributed by atoms with van der Waals surface area (Å²) in [5.74, 6) is -3.44. The summed E-state index contributed by atoms with van der Waals surface area (Å²) in [4.78, 5) is 64.2. The molecular weight excluding hydrogens is 639 g/mol. The third-order valence-electron chi connectivity index (χ3n) is 6.46. The average molecular weight is 664 g/mol. The van der Waals surface area contributed by atoms with Gasteiger partial charge in [-0.15, -0.1) is 23.1 Å². The lowest BCUT2D eigenvalue weighted by Crippen LogP contribution is -2.71. The van der Waals surface area contributed by atoms with Gasteiger partial charge in [0.05, 0.1) is 31.2 Å². The number of carboxylic acid groups (broad SMARTS) is 2. The van der Waals surface area contributed by atoms with Gasteiger partial charge in [-0.1, -0.05) is 14.7 Å². The number of nitrogens with one attached hydrogen (secondary N) is 1. The third kappa shape index (κ3) is 5.92. The zero-order valence-electron chi connectivity index (χ0n) is 23.0. The van der Waals surface area contributed by atoms with Gasteiger partial charge in [0, 0.05) is 16.9 Å². The normalized spacial score (nSPS) is 19.0. The first-order chi connectivity index (χ1) is 20.8. The van der Waals surface area contributed by atoms with E-state index in [0.29, 0.717) is 16.4 Å². The second-order valence-electron chi connectivity index (χ2n) is 9.56. The summed E-state index contributed by atoms with van der Waals surface area (Å²) in [6, 6.07) is 0.492. The van der Waals surface area contributed by atoms with Gasteiger partial charge in [-0.3, -0.25) is 19.3 Å². The number of aliphatic carboxylic acids is 2. The summed E-state index contributed by atoms with van der Waals surface area (Å²) in [6.45, 7) is 1.45. The molecule has 21 heteroatoms. The summed E-state index contributed by atoms with van der Waals surface area (Å²) in [5, 5.41) is 33.0. The maximum Gasteiger partial charge on any atom is 0.325 e. The standard InChI is InChI=1S/C23H25N11O7S3/c1-8(3-13(35)36)41-31-14(10-7-43-22(26)27-10)17(37)29-15-18(38)33-16(20(39)40)9(5-42-19(15)33)6-44-23-28-11(24)4-12-32(2)21(25)30-34(12)23/h4,7-8,15,19,24H,3,5-6H2,1-2H3,(H7,25,26,27,29,30,35,36,37,39,40)/b31-14-/t8?,15?,19-/m0/s1. The van der Waals surface area contributed by atoms with Crippen molar-refractivity contribution in [3.05, 3.63) is 28.4 Å². The molecule has 0 aromatic carbocycles. The van der Waals surface area contributed by atoms with E-state index in [1.807, 2.05) is 0 Å². The van der Waals surface area contributed by atoms with Crippen molar-refractivity contribution in [2.45, 2.75) is 36.0 Å². The highest BCUT2D eigenvalue weighted by molar-refractivity contribution is 8.01. The molecule has 8 N–H and O–H groups in total. The largest absolute Gasteiger partial charge is 0.543 e. The first kappa shape index (κ1) is 30.8. The molecular formula is C23H25N11O7S3. The number of nitrogen functional groups attached to an aromatic ring is 3. The number of amides is 2. The van der Waals surface area contributed by atoms with E-state index in [-0.39, 0.29) is 51.9 Å². The smallest absolute Gasteiger partial charge is 0.325 e. The molecule has 18 nitrogen and oxygen atoms in total. The van der Waals surface area contributed by atoms with Crippen LogP contribution in [0.2, 0.25) is 0 Å². The van der Waals surface area contributed by atoms with E-state index in [1.54, 1.807) is 17.7 Å². The van der Waals surface area contributed by atoms with Crippen LogP contribution in [0.5, 0.6) is 0 Å². The summed E-state index contributed by atoms with van der Waals surface area (Å²) in [5.41, 5.74) is 18.0. The fourth-order valence-corrected chi connectivity index (χ4v) is 7.36. The van der Waals surface area contributed by atoms with E-state index in [0.717, 1.165) is 28.0 Å². The fraction of sp³-hybridized carbons (Fsp3) is 0.348. The van der Waals surface area contributed by atoms with Crippen molar-refractivity contribution in [1.82, 2.24) is 29.9 Å². The van der Waals surface area contributed by atoms with Crippen LogP contribution in [0.1, 0.15) is 19.0 Å². The maximum absolute atomic E-state index is 13.2. The van der Waals surface area contributed by atoms with E-state index in [4.69, 9.17) is 27.1 Å². The number of fused-ring (bicyclic) bond motifs is 2. The van der Waals surface area contributed by atoms with Gasteiger partial charge in [-0.05, 0) is 29.4 Å². The van der Waals surface area contributed by atoms with Gasteiger partial charge in [0.25, 0.3) is 23.4 Å². The highest BCUT2D eigenvalue weighted by Crippen LogP contribution is 2.41. The highest BCUT2D eigenvalue weighted by Gasteiger charge is 2.53. The minimum absolute atomic E-state index is 0.0545. The molecule has 2 unspecified atom stereocenters. The number of thiazole rings is 1. The summed E-state index contributed by atoms with van der Waals surface area (Å²) in [6.07, 6.45) is -1.25. The number of rotatable bonds is 11. The van der Waals surface area contributed by atoms with Crippen LogP contribution < -0.4 is 32.1 Å². The quantitative estimate of drug-likeness (QED) is 0.0355. The number of oxime groups is 1. The Morgan fingerprint density at radius 3 is 2.75 bits per heavy atom. The van der Waals surface area contributed by atoms with Gasteiger partial charge in [0.1, 0.15) is 23.2 Å². The molecule has 0 bridgehead atoms. The van der Waals surface area contributed by atoms with Gasteiger partial charge < -0.3 is 42.4 Å². The van der Waals surface area contributed by atoms with E-state index < -0.39 is 41.3 Å². The summed E-state index contributed by atoms with van der Waals surface area (Å²) < 4.78 is 3.10. The molecule has 2 aliphatic rings. The Morgan fingerprint density at radius 2 is 2.09 bits per heavy atom. The monoisotopic (exact) mass is 663 g/mol. The number of carbonyl (C=O) groups is 4. The first-order valence-electron chi connectivity index (χ1n) is 12.6. The lowest BCUT2D eigenvalue weighted by molar-refractivity contribution is -0.621. The third-order valence-corrected chi connectivity index (χ3v) is 9.49. The van der Waals surface area contributed by atoms with Crippen LogP contribution >= 0.6 is 34.9 Å². The molecule has 44 heavy (non-hydrogen) atoms. The van der Waals surface area contributed by atoms with Crippen molar-refractivity contribution in [1.29, 1.82) is 0 Å². The number of carbonyl (C=O) groups excluding carboxylic acids is 3. The molecule has 5 rings (SSSR count). The number of aryl methyl sites for hydroxylation is 1. The van der Waals surface area contributed by atoms with Crippen molar-refractivity contribution in [3.63, 3.8) is 0 Å². The van der Waals surface area contributed by atoms with Crippen LogP contribution in [-0.2, 0) is 31.1 Å². The Hall–Kier alpha value is -4.63. The molecule has 0 radical (unpaired) electrons. The molecule has 1 saturated heterocycles. The molecule has 0 spiro atoms. The molecule has 3 atom stereocenters. The van der Waals surface area contributed by atoms with Crippen molar-refractivity contribution < 1.29 is 38.7 Å². The number of thioether (sulfide) groups is 2. The van der Waals surface area contributed by atoms with Crippen LogP contribution in [0.3, 0.4) is 0 Å². The average Bonchev–Trinajstić information content (AvgIpc) is 3.51. The van der Waals surface area contributed by atoms with Gasteiger partial charge in [-0.25, -0.2) is 9.55 Å². The van der Waals surface area contributed by atoms with E-state index in [2.05, 4.69) is 25.5 Å². The zero-order valence-corrected chi connectivity index (χ0v) is 25.4. The van der Waals surface area contributed by atoms with Crippen molar-refractivity contribution in [2.24, 2.45) is 12.2 Å². The molecule has 0 aliphatic carbocycles. The molecule has 3 aromatic heterocycles. The van der Waals surface area contributed by atoms with Gasteiger partial charge in [0.2, 0.25) is 5.82 Å². The van der Waals surface area contributed by atoms with Crippen LogP contribution in [0, 0.1) is 0 Å². The number of aromatic nitrogens is 5. The Bertz CT molecular complexity index is 1750. The van der Waals surface area contributed by atoms with E-state index >= 15 is 0 Å². The fourth-order valence-electron chi connectivity index (χ4n) is 4.37. The van der Waals surface area contributed by atoms with Crippen molar-refractivity contribution in [2.75, 3.05) is 28.7 Å². The number of β-lactam (4-membered cyclic amide) rings is 1. The minimum Gasteiger partial charge on any atom is -0.543 e. The van der Waals surface area contributed by atoms with E-state index in [1.165, 1.54) is 28.6 Å². The molecule has 5 heterocycles.